The molecule has 6 nitrogen and oxygen atoms in total. The van der Waals surface area contributed by atoms with E-state index < -0.39 is 17.6 Å². The van der Waals surface area contributed by atoms with Gasteiger partial charge in [-0.2, -0.15) is 28.3 Å². The molecule has 2 aromatic heterocycles. The smallest absolute Gasteiger partial charge is 0.316 e. The van der Waals surface area contributed by atoms with Gasteiger partial charge in [-0.25, -0.2) is 0 Å². The lowest BCUT2D eigenvalue weighted by Crippen LogP contribution is -2.35. The number of amides is 1. The molecule has 0 spiro atoms. The molecule has 1 amide bonds. The third kappa shape index (κ3) is 4.22. The molecule has 0 fully saturated rings. The minimum Gasteiger partial charge on any atom is -0.316 e. The third-order valence-electron chi connectivity index (χ3n) is 5.01. The van der Waals surface area contributed by atoms with Gasteiger partial charge in [0.15, 0.2) is 5.84 Å². The van der Waals surface area contributed by atoms with E-state index >= 15 is 0 Å². The van der Waals surface area contributed by atoms with Gasteiger partial charge in [0.1, 0.15) is 5.04 Å². The fourth-order valence-electron chi connectivity index (χ4n) is 3.42. The van der Waals surface area contributed by atoms with E-state index in [1.807, 2.05) is 17.5 Å². The number of rotatable bonds is 4. The van der Waals surface area contributed by atoms with Crippen molar-refractivity contribution < 1.29 is 18.0 Å². The lowest BCUT2D eigenvalue weighted by molar-refractivity contribution is -0.137. The van der Waals surface area contributed by atoms with Crippen molar-refractivity contribution in [2.75, 3.05) is 0 Å². The second kappa shape index (κ2) is 8.57. The maximum Gasteiger partial charge on any atom is 0.416 e. The molecule has 172 valence electrons. The average molecular weight is 520 g/mol. The van der Waals surface area contributed by atoms with Crippen LogP contribution in [0.4, 0.5) is 13.2 Å². The molecule has 4 heterocycles. The van der Waals surface area contributed by atoms with Crippen molar-refractivity contribution in [3.05, 3.63) is 80.8 Å². The highest BCUT2D eigenvalue weighted by Crippen LogP contribution is 2.34. The van der Waals surface area contributed by atoms with Gasteiger partial charge < -0.3 is 4.57 Å². The first-order chi connectivity index (χ1) is 16.2. The number of hydrogen-bond acceptors (Lipinski definition) is 5. The topological polar surface area (TPSA) is 73.8 Å². The van der Waals surface area contributed by atoms with Crippen LogP contribution < -0.4 is 0 Å². The van der Waals surface area contributed by atoms with Crippen LogP contribution in [0.5, 0.6) is 0 Å². The fourth-order valence-corrected chi connectivity index (χ4v) is 5.34. The van der Waals surface area contributed by atoms with E-state index in [4.69, 9.17) is 17.0 Å². The van der Waals surface area contributed by atoms with E-state index in [1.54, 1.807) is 23.5 Å². The van der Waals surface area contributed by atoms with Gasteiger partial charge in [-0.3, -0.25) is 10.2 Å². The van der Waals surface area contributed by atoms with Crippen LogP contribution in [0.1, 0.15) is 16.1 Å². The number of halogens is 4. The minimum absolute atomic E-state index is 0.0338. The van der Waals surface area contributed by atoms with E-state index in [0.29, 0.717) is 22.3 Å². The van der Waals surface area contributed by atoms with Crippen LogP contribution in [0.15, 0.2) is 69.7 Å². The minimum atomic E-state index is -4.54. The van der Waals surface area contributed by atoms with E-state index in [2.05, 4.69) is 10.1 Å². The molecule has 0 atom stereocenters. The number of carbonyl (C=O) groups excluding carboxylic acids is 1. The van der Waals surface area contributed by atoms with Gasteiger partial charge in [-0.15, -0.1) is 11.3 Å². The van der Waals surface area contributed by atoms with Gasteiger partial charge in [-0.05, 0) is 59.6 Å². The number of aliphatic imine (C=N–C) groups is 1. The second-order valence-corrected chi connectivity index (χ2v) is 9.72. The number of thiophene rings is 1. The first-order valence-electron chi connectivity index (χ1n) is 9.76. The molecule has 0 saturated heterocycles. The Morgan fingerprint density at radius 2 is 2.00 bits per heavy atom. The highest BCUT2D eigenvalue weighted by molar-refractivity contribution is 8.27. The molecule has 0 bridgehead atoms. The van der Waals surface area contributed by atoms with Crippen LogP contribution >= 0.6 is 34.7 Å². The van der Waals surface area contributed by atoms with Gasteiger partial charge in [0.25, 0.3) is 5.91 Å². The van der Waals surface area contributed by atoms with Crippen LogP contribution in [0.25, 0.3) is 11.8 Å². The number of hydrogen-bond donors (Lipinski definition) is 1. The number of hydrazone groups is 1. The predicted octanol–water partition coefficient (Wildman–Crippen LogP) is 6.07. The van der Waals surface area contributed by atoms with E-state index in [1.165, 1.54) is 39.7 Å². The Morgan fingerprint density at radius 1 is 1.18 bits per heavy atom. The zero-order valence-corrected chi connectivity index (χ0v) is 19.4. The van der Waals surface area contributed by atoms with Gasteiger partial charge in [0, 0.05) is 23.2 Å². The molecular weight excluding hydrogens is 507 g/mol. The Hall–Kier alpha value is -3.15. The number of nitrogens with one attached hydrogen (secondary N) is 1. The zero-order chi connectivity index (χ0) is 24.0. The van der Waals surface area contributed by atoms with E-state index in [-0.39, 0.29) is 22.1 Å². The molecule has 1 aromatic carbocycles. The lowest BCUT2D eigenvalue weighted by atomic mass is 10.1. The maximum atomic E-state index is 13.2. The van der Waals surface area contributed by atoms with Crippen molar-refractivity contribution in [1.29, 1.82) is 5.41 Å². The van der Waals surface area contributed by atoms with Crippen LogP contribution in [-0.2, 0) is 17.4 Å². The molecule has 2 aliphatic rings. The number of nitrogens with zero attached hydrogens (tertiary/aromatic N) is 4. The van der Waals surface area contributed by atoms with Crippen molar-refractivity contribution >= 4 is 62.7 Å². The monoisotopic (exact) mass is 519 g/mol. The van der Waals surface area contributed by atoms with Crippen LogP contribution in [-0.4, -0.2) is 31.5 Å². The summed E-state index contributed by atoms with van der Waals surface area (Å²) < 4.78 is 41.1. The summed E-state index contributed by atoms with van der Waals surface area (Å²) in [5, 5.41) is 17.3. The normalized spacial score (nSPS) is 17.3. The average Bonchev–Trinajstić information content (AvgIpc) is 3.52. The van der Waals surface area contributed by atoms with Crippen molar-refractivity contribution in [1.82, 2.24) is 9.58 Å². The Kier molecular flexibility index (Phi) is 5.70. The summed E-state index contributed by atoms with van der Waals surface area (Å²) in [5.41, 5.74) is -0.423. The quantitative estimate of drug-likeness (QED) is 0.425. The summed E-state index contributed by atoms with van der Waals surface area (Å²) in [4.78, 5) is 17.9. The largest absolute Gasteiger partial charge is 0.416 e. The molecule has 5 rings (SSSR count). The summed E-state index contributed by atoms with van der Waals surface area (Å²) in [7, 11) is 0. The van der Waals surface area contributed by atoms with Crippen LogP contribution in [0, 0.1) is 5.41 Å². The highest BCUT2D eigenvalue weighted by atomic mass is 35.5. The maximum absolute atomic E-state index is 13.2. The molecule has 12 heteroatoms. The molecule has 0 aliphatic carbocycles. The number of benzene rings is 1. The van der Waals surface area contributed by atoms with Gasteiger partial charge in [0.2, 0.25) is 5.17 Å². The van der Waals surface area contributed by atoms with E-state index in [0.717, 1.165) is 17.0 Å². The van der Waals surface area contributed by atoms with Crippen molar-refractivity contribution in [3.63, 3.8) is 0 Å². The summed E-state index contributed by atoms with van der Waals surface area (Å²) in [6, 6.07) is 10.1. The summed E-state index contributed by atoms with van der Waals surface area (Å²) >= 11 is 9.00. The van der Waals surface area contributed by atoms with Gasteiger partial charge >= 0.3 is 6.18 Å². The van der Waals surface area contributed by atoms with E-state index in [9.17, 15) is 18.0 Å². The lowest BCUT2D eigenvalue weighted by Gasteiger charge is -2.20. The van der Waals surface area contributed by atoms with Crippen molar-refractivity contribution in [2.24, 2.45) is 10.1 Å². The Bertz CT molecular complexity index is 1410. The number of amidine groups is 2. The highest BCUT2D eigenvalue weighted by Gasteiger charge is 2.36. The summed E-state index contributed by atoms with van der Waals surface area (Å²) in [6.07, 6.45) is -1.04. The van der Waals surface area contributed by atoms with Crippen LogP contribution in [0.3, 0.4) is 0 Å². The summed E-state index contributed by atoms with van der Waals surface area (Å²) in [5.74, 6) is -0.786. The van der Waals surface area contributed by atoms with Crippen molar-refractivity contribution in [2.45, 2.75) is 12.6 Å². The zero-order valence-electron chi connectivity index (χ0n) is 17.0. The van der Waals surface area contributed by atoms with Gasteiger partial charge in [0.05, 0.1) is 21.8 Å². The number of thioether (sulfide) groups is 1. The molecule has 1 N–H and O–H groups in total. The first-order valence-corrected chi connectivity index (χ1v) is 11.8. The molecule has 0 unspecified atom stereocenters. The third-order valence-corrected chi connectivity index (χ3v) is 7.11. The second-order valence-electron chi connectivity index (χ2n) is 7.24. The molecule has 3 aromatic rings. The predicted molar refractivity (Wildman–Crippen MR) is 129 cm³/mol. The fraction of sp³-hybridized carbons (Fsp3) is 0.0909. The number of alkyl halides is 3. The van der Waals surface area contributed by atoms with Crippen LogP contribution in [0.2, 0.25) is 5.02 Å². The number of carbonyl (C=O) groups is 1. The molecule has 2 aliphatic heterocycles. The molecular formula is C22H13ClF3N5OS2. The number of aromatic nitrogens is 1. The summed E-state index contributed by atoms with van der Waals surface area (Å²) in [6.45, 7) is 0. The standard InChI is InChI=1S/C22H13ClF3N5OS2/c23-16-6-5-12(22(24,25)26)9-17(16)30-7-1-3-13(30)10-15-19(27)31-21(28-20(15)32)34-18(29-31)11-14-4-2-8-33-14/h1-10,27H,11H2/b15-10+,27-19?. The Balaban J connectivity index is 1.49. The SMILES string of the molecule is N=C1/C(=C\c2cccn2-c2cc(C(F)(F)F)ccc2Cl)C(=O)N=C2SC(Cc3cccs3)=NN12. The van der Waals surface area contributed by atoms with Gasteiger partial charge in [-0.1, -0.05) is 17.7 Å². The number of fused-ring (bicyclic) bond motifs is 1. The molecule has 0 radical (unpaired) electrons. The Morgan fingerprint density at radius 3 is 2.74 bits per heavy atom. The first kappa shape index (κ1) is 22.6. The molecule has 0 saturated carbocycles. The Labute approximate surface area is 204 Å². The molecule has 34 heavy (non-hydrogen) atoms. The van der Waals surface area contributed by atoms with Crippen molar-refractivity contribution in [3.8, 4) is 5.69 Å².